The molecule has 0 N–H and O–H groups in total. The number of Topliss-reactive ketones (excluding diaryl/α,β-unsaturated/α-hetero) is 1. The molecule has 0 bridgehead atoms. The zero-order chi connectivity index (χ0) is 11.9. The molecule has 1 aliphatic carbocycles. The van der Waals surface area contributed by atoms with Crippen LogP contribution in [0.1, 0.15) is 37.6 Å². The molecule has 0 spiro atoms. The number of hydrogen-bond donors (Lipinski definition) is 0. The van der Waals surface area contributed by atoms with Gasteiger partial charge in [-0.1, -0.05) is 6.92 Å². The van der Waals surface area contributed by atoms with Crippen molar-refractivity contribution < 1.29 is 4.79 Å². The summed E-state index contributed by atoms with van der Waals surface area (Å²) in [7, 11) is 1.97. The van der Waals surface area contributed by atoms with Gasteiger partial charge in [0, 0.05) is 19.9 Å². The Kier molecular flexibility index (Phi) is 2.95. The van der Waals surface area contributed by atoms with Crippen LogP contribution in [0.5, 0.6) is 0 Å². The Morgan fingerprint density at radius 1 is 1.56 bits per heavy atom. The molecule has 0 aliphatic heterocycles. The van der Waals surface area contributed by atoms with Crippen LogP contribution in [0.25, 0.3) is 0 Å². The van der Waals surface area contributed by atoms with Gasteiger partial charge in [0.1, 0.15) is 5.78 Å². The molecule has 1 atom stereocenters. The van der Waals surface area contributed by atoms with Gasteiger partial charge in [-0.05, 0) is 41.1 Å². The number of carbonyl (C=O) groups excluding carboxylic acids is 1. The average Bonchev–Trinajstić information content (AvgIpc) is 2.63. The standard InChI is InChI=1S/C12H17BrN2O/c1-8-11(13)10(15(3)14-8)7-12(2)5-4-9(16)6-12/h4-7H2,1-3H3. The van der Waals surface area contributed by atoms with Gasteiger partial charge < -0.3 is 0 Å². The van der Waals surface area contributed by atoms with Crippen LogP contribution in [0.15, 0.2) is 4.47 Å². The number of rotatable bonds is 2. The van der Waals surface area contributed by atoms with Crippen molar-refractivity contribution in [3.63, 3.8) is 0 Å². The van der Waals surface area contributed by atoms with E-state index in [2.05, 4.69) is 28.0 Å². The van der Waals surface area contributed by atoms with Crippen LogP contribution in [-0.2, 0) is 18.3 Å². The second kappa shape index (κ2) is 3.99. The summed E-state index contributed by atoms with van der Waals surface area (Å²) >= 11 is 3.58. The summed E-state index contributed by atoms with van der Waals surface area (Å²) in [6.07, 6.45) is 3.38. The van der Waals surface area contributed by atoms with Crippen LogP contribution < -0.4 is 0 Å². The third kappa shape index (κ3) is 2.08. The van der Waals surface area contributed by atoms with Crippen LogP contribution in [0, 0.1) is 12.3 Å². The van der Waals surface area contributed by atoms with Gasteiger partial charge in [-0.2, -0.15) is 5.10 Å². The number of nitrogens with zero attached hydrogens (tertiary/aromatic N) is 2. The molecule has 0 aromatic carbocycles. The lowest BCUT2D eigenvalue weighted by Gasteiger charge is -2.22. The van der Waals surface area contributed by atoms with E-state index in [-0.39, 0.29) is 5.41 Å². The Morgan fingerprint density at radius 3 is 2.69 bits per heavy atom. The van der Waals surface area contributed by atoms with E-state index in [1.807, 2.05) is 18.7 Å². The first-order chi connectivity index (χ1) is 7.41. The minimum absolute atomic E-state index is 0.125. The Balaban J connectivity index is 2.24. The first-order valence-corrected chi connectivity index (χ1v) is 6.40. The number of hydrogen-bond acceptors (Lipinski definition) is 2. The van der Waals surface area contributed by atoms with Crippen LogP contribution in [0.2, 0.25) is 0 Å². The van der Waals surface area contributed by atoms with Crippen LogP contribution in [-0.4, -0.2) is 15.6 Å². The molecule has 2 rings (SSSR count). The van der Waals surface area contributed by atoms with Gasteiger partial charge in [-0.25, -0.2) is 0 Å². The van der Waals surface area contributed by atoms with Crippen molar-refractivity contribution in [2.24, 2.45) is 12.5 Å². The van der Waals surface area contributed by atoms with E-state index < -0.39 is 0 Å². The molecule has 1 heterocycles. The highest BCUT2D eigenvalue weighted by Crippen LogP contribution is 2.40. The molecule has 3 nitrogen and oxygen atoms in total. The number of aromatic nitrogens is 2. The maximum Gasteiger partial charge on any atom is 0.133 e. The van der Waals surface area contributed by atoms with Gasteiger partial charge in [0.2, 0.25) is 0 Å². The molecular weight excluding hydrogens is 268 g/mol. The van der Waals surface area contributed by atoms with Crippen LogP contribution in [0.4, 0.5) is 0 Å². The molecule has 1 aliphatic rings. The van der Waals surface area contributed by atoms with Gasteiger partial charge in [-0.3, -0.25) is 9.48 Å². The summed E-state index contributed by atoms with van der Waals surface area (Å²) in [5.74, 6) is 0.400. The van der Waals surface area contributed by atoms with Gasteiger partial charge in [0.25, 0.3) is 0 Å². The highest BCUT2D eigenvalue weighted by atomic mass is 79.9. The fraction of sp³-hybridized carbons (Fsp3) is 0.667. The SMILES string of the molecule is Cc1nn(C)c(CC2(C)CCC(=O)C2)c1Br. The smallest absolute Gasteiger partial charge is 0.133 e. The van der Waals surface area contributed by atoms with Gasteiger partial charge in [-0.15, -0.1) is 0 Å². The Bertz CT molecular complexity index is 438. The maximum absolute atomic E-state index is 11.4. The summed E-state index contributed by atoms with van der Waals surface area (Å²) in [5, 5.41) is 4.39. The molecular formula is C12H17BrN2O. The van der Waals surface area contributed by atoms with E-state index in [1.165, 1.54) is 5.69 Å². The quantitative estimate of drug-likeness (QED) is 0.837. The van der Waals surface area contributed by atoms with Crippen LogP contribution in [0.3, 0.4) is 0 Å². The second-order valence-electron chi connectivity index (χ2n) is 5.17. The largest absolute Gasteiger partial charge is 0.300 e. The predicted molar refractivity (Wildman–Crippen MR) is 66.3 cm³/mol. The van der Waals surface area contributed by atoms with Gasteiger partial charge in [0.05, 0.1) is 15.9 Å². The molecule has 1 aromatic rings. The van der Waals surface area contributed by atoms with Crippen molar-refractivity contribution in [3.8, 4) is 0 Å². The Morgan fingerprint density at radius 2 is 2.25 bits per heavy atom. The van der Waals surface area contributed by atoms with Crippen molar-refractivity contribution in [2.45, 2.75) is 39.5 Å². The second-order valence-corrected chi connectivity index (χ2v) is 5.97. The van der Waals surface area contributed by atoms with E-state index >= 15 is 0 Å². The molecule has 1 fully saturated rings. The Labute approximate surface area is 104 Å². The molecule has 0 saturated heterocycles. The van der Waals surface area contributed by atoms with Crippen molar-refractivity contribution >= 4 is 21.7 Å². The fourth-order valence-electron chi connectivity index (χ4n) is 2.52. The summed E-state index contributed by atoms with van der Waals surface area (Å²) in [5.41, 5.74) is 2.35. The van der Waals surface area contributed by atoms with Gasteiger partial charge >= 0.3 is 0 Å². The molecule has 88 valence electrons. The number of carbonyl (C=O) groups is 1. The lowest BCUT2D eigenvalue weighted by Crippen LogP contribution is -2.18. The average molecular weight is 285 g/mol. The summed E-state index contributed by atoms with van der Waals surface area (Å²) in [4.78, 5) is 11.4. The van der Waals surface area contributed by atoms with Crippen molar-refractivity contribution in [2.75, 3.05) is 0 Å². The maximum atomic E-state index is 11.4. The molecule has 16 heavy (non-hydrogen) atoms. The van der Waals surface area contributed by atoms with Crippen molar-refractivity contribution in [3.05, 3.63) is 15.9 Å². The lowest BCUT2D eigenvalue weighted by molar-refractivity contribution is -0.117. The number of ketones is 1. The highest BCUT2D eigenvalue weighted by Gasteiger charge is 2.35. The summed E-state index contributed by atoms with van der Waals surface area (Å²) in [6, 6.07) is 0. The third-order valence-electron chi connectivity index (χ3n) is 3.49. The third-order valence-corrected chi connectivity index (χ3v) is 4.52. The van der Waals surface area contributed by atoms with Crippen LogP contribution >= 0.6 is 15.9 Å². The summed E-state index contributed by atoms with van der Waals surface area (Å²) in [6.45, 7) is 4.20. The number of halogens is 1. The Hall–Kier alpha value is -0.640. The zero-order valence-electron chi connectivity index (χ0n) is 10.0. The van der Waals surface area contributed by atoms with E-state index in [4.69, 9.17) is 0 Å². The van der Waals surface area contributed by atoms with E-state index in [0.29, 0.717) is 12.2 Å². The normalized spacial score (nSPS) is 25.4. The first kappa shape index (κ1) is 11.8. The summed E-state index contributed by atoms with van der Waals surface area (Å²) < 4.78 is 3.02. The highest BCUT2D eigenvalue weighted by molar-refractivity contribution is 9.10. The molecule has 0 radical (unpaired) electrons. The monoisotopic (exact) mass is 284 g/mol. The lowest BCUT2D eigenvalue weighted by atomic mass is 9.84. The van der Waals surface area contributed by atoms with E-state index in [9.17, 15) is 4.79 Å². The predicted octanol–water partition coefficient (Wildman–Crippen LogP) is 2.79. The first-order valence-electron chi connectivity index (χ1n) is 5.61. The van der Waals surface area contributed by atoms with E-state index in [0.717, 1.165) is 29.4 Å². The topological polar surface area (TPSA) is 34.9 Å². The van der Waals surface area contributed by atoms with Crippen molar-refractivity contribution in [1.82, 2.24) is 9.78 Å². The van der Waals surface area contributed by atoms with E-state index in [1.54, 1.807) is 0 Å². The van der Waals surface area contributed by atoms with Crippen molar-refractivity contribution in [1.29, 1.82) is 0 Å². The molecule has 0 amide bonds. The molecule has 1 saturated carbocycles. The molecule has 4 heteroatoms. The minimum Gasteiger partial charge on any atom is -0.300 e. The van der Waals surface area contributed by atoms with Gasteiger partial charge in [0.15, 0.2) is 0 Å². The fourth-order valence-corrected chi connectivity index (χ4v) is 3.00. The number of aryl methyl sites for hydroxylation is 2. The zero-order valence-corrected chi connectivity index (χ0v) is 11.6. The minimum atomic E-state index is 0.125. The molecule has 1 unspecified atom stereocenters. The molecule has 1 aromatic heterocycles.